The van der Waals surface area contributed by atoms with Crippen LogP contribution in [0.15, 0.2) is 152 Å². The molecule has 7 nitrogen and oxygen atoms in total. The fourth-order valence-electron chi connectivity index (χ4n) is 7.70. The highest BCUT2D eigenvalue weighted by atomic mass is 19.4. The lowest BCUT2D eigenvalue weighted by Gasteiger charge is -2.19. The first kappa shape index (κ1) is 35.0. The van der Waals surface area contributed by atoms with Gasteiger partial charge in [-0.2, -0.15) is 26.3 Å². The molecule has 0 aliphatic carbocycles. The Morgan fingerprint density at radius 1 is 0.397 bits per heavy atom. The van der Waals surface area contributed by atoms with Crippen LogP contribution < -0.4 is 0 Å². The Bertz CT molecular complexity index is 3180. The molecule has 0 aliphatic rings. The Labute approximate surface area is 324 Å². The number of benzene rings is 5. The Kier molecular flexibility index (Phi) is 7.90. The number of halogens is 6. The molecule has 5 aromatic carbocycles. The summed E-state index contributed by atoms with van der Waals surface area (Å²) in [6.07, 6.45) is -2.18. The summed E-state index contributed by atoms with van der Waals surface area (Å²) in [4.78, 5) is 22.6. The van der Waals surface area contributed by atoms with E-state index in [4.69, 9.17) is 4.98 Å². The molecule has 5 heterocycles. The second-order valence-electron chi connectivity index (χ2n) is 13.7. The molecule has 0 saturated heterocycles. The minimum Gasteiger partial charge on any atom is -0.307 e. The maximum Gasteiger partial charge on any atom is 0.416 e. The third kappa shape index (κ3) is 5.81. The zero-order valence-corrected chi connectivity index (χ0v) is 29.8. The van der Waals surface area contributed by atoms with Crippen molar-refractivity contribution in [3.63, 3.8) is 0 Å². The molecule has 0 saturated carbocycles. The van der Waals surface area contributed by atoms with Gasteiger partial charge in [-0.05, 0) is 66.2 Å². The number of rotatable bonds is 5. The molecule has 0 spiro atoms. The van der Waals surface area contributed by atoms with E-state index in [0.29, 0.717) is 39.3 Å². The van der Waals surface area contributed by atoms with E-state index in [2.05, 4.69) is 19.9 Å². The van der Waals surface area contributed by atoms with Gasteiger partial charge in [-0.1, -0.05) is 60.7 Å². The quantitative estimate of drug-likeness (QED) is 0.163. The van der Waals surface area contributed by atoms with Crippen LogP contribution in [0.5, 0.6) is 0 Å². The van der Waals surface area contributed by atoms with Crippen LogP contribution in [0.2, 0.25) is 0 Å². The van der Waals surface area contributed by atoms with E-state index < -0.39 is 23.5 Å². The molecule has 0 unspecified atom stereocenters. The van der Waals surface area contributed by atoms with Crippen molar-refractivity contribution in [1.29, 1.82) is 0 Å². The van der Waals surface area contributed by atoms with Gasteiger partial charge in [-0.15, -0.1) is 0 Å². The van der Waals surface area contributed by atoms with Crippen molar-refractivity contribution in [3.8, 4) is 45.4 Å². The van der Waals surface area contributed by atoms with Crippen LogP contribution in [0.3, 0.4) is 0 Å². The zero-order valence-electron chi connectivity index (χ0n) is 29.8. The first-order valence-corrected chi connectivity index (χ1v) is 17.9. The molecule has 0 N–H and O–H groups in total. The summed E-state index contributed by atoms with van der Waals surface area (Å²) in [6.45, 7) is 0. The van der Waals surface area contributed by atoms with Gasteiger partial charge in [0.15, 0.2) is 11.6 Å². The van der Waals surface area contributed by atoms with Gasteiger partial charge in [0.1, 0.15) is 5.82 Å². The summed E-state index contributed by atoms with van der Waals surface area (Å²) in [7, 11) is 0. The Morgan fingerprint density at radius 3 is 1.38 bits per heavy atom. The van der Waals surface area contributed by atoms with Crippen LogP contribution >= 0.6 is 0 Å². The normalized spacial score (nSPS) is 12.3. The molecule has 0 amide bonds. The van der Waals surface area contributed by atoms with E-state index in [1.54, 1.807) is 43.0 Å². The van der Waals surface area contributed by atoms with Gasteiger partial charge in [0.25, 0.3) is 0 Å². The van der Waals surface area contributed by atoms with E-state index >= 15 is 0 Å². The van der Waals surface area contributed by atoms with Crippen molar-refractivity contribution in [2.45, 2.75) is 12.4 Å². The van der Waals surface area contributed by atoms with Crippen molar-refractivity contribution in [2.24, 2.45) is 0 Å². The van der Waals surface area contributed by atoms with Gasteiger partial charge in [-0.25, -0.2) is 24.9 Å². The number of hydrogen-bond acceptors (Lipinski definition) is 5. The lowest BCUT2D eigenvalue weighted by molar-refractivity contribution is -0.143. The summed E-state index contributed by atoms with van der Waals surface area (Å²) in [5.41, 5.74) is 1.21. The predicted octanol–water partition coefficient (Wildman–Crippen LogP) is 11.9. The minimum absolute atomic E-state index is 0.0825. The lowest BCUT2D eigenvalue weighted by Crippen LogP contribution is -2.11. The SMILES string of the molecule is FC(F)(F)c1cc(-c2cc(-n3c4ccccc4c4ccc(-c5ncccn5)cc43)ncc2-n2c3ccccc3c3ccc(-c4ncccn4)cc32)cc(C(F)(F)F)c1. The molecule has 10 aromatic rings. The highest BCUT2D eigenvalue weighted by molar-refractivity contribution is 6.11. The second kappa shape index (κ2) is 13.1. The summed E-state index contributed by atoms with van der Waals surface area (Å²) in [6, 6.07) is 33.0. The Hall–Kier alpha value is -7.41. The van der Waals surface area contributed by atoms with Gasteiger partial charge in [0, 0.05) is 63.0 Å². The molecule has 13 heteroatoms. The number of hydrogen-bond donors (Lipinski definition) is 0. The van der Waals surface area contributed by atoms with Gasteiger partial charge in [0.2, 0.25) is 0 Å². The van der Waals surface area contributed by atoms with E-state index in [1.165, 1.54) is 6.20 Å². The van der Waals surface area contributed by atoms with Crippen molar-refractivity contribution >= 4 is 43.6 Å². The summed E-state index contributed by atoms with van der Waals surface area (Å²) >= 11 is 0. The number of alkyl halides is 6. The van der Waals surface area contributed by atoms with Gasteiger partial charge < -0.3 is 4.57 Å². The van der Waals surface area contributed by atoms with Crippen LogP contribution in [0.25, 0.3) is 89.0 Å². The van der Waals surface area contributed by atoms with Crippen molar-refractivity contribution in [3.05, 3.63) is 163 Å². The first-order valence-electron chi connectivity index (χ1n) is 17.9. The molecule has 0 bridgehead atoms. The Balaban J connectivity index is 1.31. The summed E-state index contributed by atoms with van der Waals surface area (Å²) < 4.78 is 90.5. The van der Waals surface area contributed by atoms with Crippen molar-refractivity contribution in [1.82, 2.24) is 34.1 Å². The fourth-order valence-corrected chi connectivity index (χ4v) is 7.70. The highest BCUT2D eigenvalue weighted by Gasteiger charge is 2.37. The molecule has 282 valence electrons. The van der Waals surface area contributed by atoms with E-state index in [1.807, 2.05) is 94.1 Å². The average Bonchev–Trinajstić information content (AvgIpc) is 3.75. The van der Waals surface area contributed by atoms with Gasteiger partial charge >= 0.3 is 12.4 Å². The van der Waals surface area contributed by atoms with Gasteiger partial charge in [0.05, 0.1) is 45.1 Å². The zero-order chi connectivity index (χ0) is 39.8. The van der Waals surface area contributed by atoms with Crippen LogP contribution in [-0.2, 0) is 12.4 Å². The van der Waals surface area contributed by atoms with E-state index in [-0.39, 0.29) is 28.7 Å². The second-order valence-corrected chi connectivity index (χ2v) is 13.7. The molecule has 10 rings (SSSR count). The molecule has 58 heavy (non-hydrogen) atoms. The first-order chi connectivity index (χ1) is 28.0. The third-order valence-corrected chi connectivity index (χ3v) is 10.2. The maximum absolute atomic E-state index is 14.5. The van der Waals surface area contributed by atoms with Crippen LogP contribution in [0, 0.1) is 0 Å². The topological polar surface area (TPSA) is 74.3 Å². The third-order valence-electron chi connectivity index (χ3n) is 10.2. The predicted molar refractivity (Wildman–Crippen MR) is 210 cm³/mol. The van der Waals surface area contributed by atoms with Crippen LogP contribution in [0.4, 0.5) is 26.3 Å². The number of para-hydroxylation sites is 2. The lowest BCUT2D eigenvalue weighted by atomic mass is 9.98. The number of pyridine rings is 1. The van der Waals surface area contributed by atoms with Gasteiger partial charge in [-0.3, -0.25) is 4.57 Å². The van der Waals surface area contributed by atoms with E-state index in [0.717, 1.165) is 39.2 Å². The highest BCUT2D eigenvalue weighted by Crippen LogP contribution is 2.43. The standard InChI is InChI=1S/C45H25F6N7/c46-44(47,48)29-19-28(20-30(23-29)45(49,50)51)35-24-41(58-37-10-4-2-8-32(37)34-14-12-27(22-39(34)58)43-54-17-6-18-55-43)56-25-40(35)57-36-9-3-1-7-31(36)33-13-11-26(21-38(33)57)42-52-15-5-16-53-42/h1-25H. The maximum atomic E-state index is 14.5. The van der Waals surface area contributed by atoms with Crippen LogP contribution in [-0.4, -0.2) is 34.1 Å². The molecule has 0 radical (unpaired) electrons. The minimum atomic E-state index is -5.08. The Morgan fingerprint density at radius 2 is 0.862 bits per heavy atom. The van der Waals surface area contributed by atoms with Crippen LogP contribution in [0.1, 0.15) is 11.1 Å². The molecular weight excluding hydrogens is 753 g/mol. The average molecular weight is 778 g/mol. The molecule has 5 aromatic heterocycles. The van der Waals surface area contributed by atoms with Crippen molar-refractivity contribution in [2.75, 3.05) is 0 Å². The summed E-state index contributed by atoms with van der Waals surface area (Å²) in [5.74, 6) is 1.18. The molecular formula is C45H25F6N7. The van der Waals surface area contributed by atoms with E-state index in [9.17, 15) is 26.3 Å². The number of fused-ring (bicyclic) bond motifs is 6. The number of aromatic nitrogens is 7. The largest absolute Gasteiger partial charge is 0.416 e. The molecule has 0 aliphatic heterocycles. The van der Waals surface area contributed by atoms with Crippen molar-refractivity contribution < 1.29 is 26.3 Å². The molecule has 0 atom stereocenters. The monoisotopic (exact) mass is 777 g/mol. The number of nitrogens with zero attached hydrogens (tertiary/aromatic N) is 7. The fraction of sp³-hybridized carbons (Fsp3) is 0.0444. The summed E-state index contributed by atoms with van der Waals surface area (Å²) in [5, 5.41) is 3.32. The smallest absolute Gasteiger partial charge is 0.307 e. The molecule has 0 fully saturated rings.